The van der Waals surface area contributed by atoms with Crippen molar-refractivity contribution in [3.05, 3.63) is 148 Å². The van der Waals surface area contributed by atoms with Gasteiger partial charge < -0.3 is 29.8 Å². The van der Waals surface area contributed by atoms with Crippen LogP contribution < -0.4 is 10.6 Å². The van der Waals surface area contributed by atoms with Crippen LogP contribution in [0.3, 0.4) is 0 Å². The van der Waals surface area contributed by atoms with Gasteiger partial charge in [0.2, 0.25) is 0 Å². The standard InChI is InChI=1S/C37H36Cl2N4O4/c1-24-32(21-43-23-42-34(38)35(43)39)46-36(47-33(24)28-15-13-26(22-44)14-16-28)31-12-6-11-30(18-31)29-10-5-9-27(17-29)20-41-37(45)40-19-25-7-3-2-4-8-25/h2-18,23-24,32-33,36,44H,19-22H2,1H3,(H2,40,41,45)/t24-,32+,33+,36+/m0/s1. The van der Waals surface area contributed by atoms with Gasteiger partial charge in [0, 0.05) is 24.6 Å². The van der Waals surface area contributed by atoms with Gasteiger partial charge in [0.05, 0.1) is 31.7 Å². The van der Waals surface area contributed by atoms with Crippen LogP contribution in [0.5, 0.6) is 0 Å². The Morgan fingerprint density at radius 1 is 0.809 bits per heavy atom. The van der Waals surface area contributed by atoms with Crippen LogP contribution in [0, 0.1) is 5.92 Å². The fourth-order valence-corrected chi connectivity index (χ4v) is 6.05. The van der Waals surface area contributed by atoms with Crippen LogP contribution >= 0.6 is 23.2 Å². The van der Waals surface area contributed by atoms with E-state index < -0.39 is 6.29 Å². The van der Waals surface area contributed by atoms with E-state index in [2.05, 4.69) is 34.7 Å². The molecule has 5 aromatic rings. The second-order valence-electron chi connectivity index (χ2n) is 11.6. The Morgan fingerprint density at radius 3 is 2.19 bits per heavy atom. The molecule has 6 rings (SSSR count). The Hall–Kier alpha value is -4.18. The number of hydrogen-bond donors (Lipinski definition) is 3. The molecule has 47 heavy (non-hydrogen) atoms. The zero-order valence-electron chi connectivity index (χ0n) is 25.9. The van der Waals surface area contributed by atoms with Gasteiger partial charge in [-0.25, -0.2) is 9.78 Å². The lowest BCUT2D eigenvalue weighted by Crippen LogP contribution is -2.39. The van der Waals surface area contributed by atoms with Gasteiger partial charge in [0.1, 0.15) is 5.15 Å². The number of aliphatic hydroxyl groups excluding tert-OH is 1. The summed E-state index contributed by atoms with van der Waals surface area (Å²) in [6.07, 6.45) is 0.404. The summed E-state index contributed by atoms with van der Waals surface area (Å²) < 4.78 is 15.1. The number of rotatable bonds is 10. The van der Waals surface area contributed by atoms with E-state index in [0.29, 0.717) is 24.8 Å². The third-order valence-electron chi connectivity index (χ3n) is 8.40. The van der Waals surface area contributed by atoms with Gasteiger partial charge in [-0.15, -0.1) is 0 Å². The maximum atomic E-state index is 12.4. The lowest BCUT2D eigenvalue weighted by atomic mass is 9.90. The van der Waals surface area contributed by atoms with E-state index in [0.717, 1.165) is 38.9 Å². The summed E-state index contributed by atoms with van der Waals surface area (Å²) >= 11 is 12.6. The van der Waals surface area contributed by atoms with Crippen LogP contribution in [-0.4, -0.2) is 26.8 Å². The number of carbonyl (C=O) groups excluding carboxylic acids is 1. The molecular weight excluding hydrogens is 635 g/mol. The van der Waals surface area contributed by atoms with Crippen molar-refractivity contribution in [1.82, 2.24) is 20.2 Å². The smallest absolute Gasteiger partial charge is 0.315 e. The number of aromatic nitrogens is 2. The number of imidazole rings is 1. The summed E-state index contributed by atoms with van der Waals surface area (Å²) in [5, 5.41) is 16.0. The average molecular weight is 672 g/mol. The van der Waals surface area contributed by atoms with Crippen molar-refractivity contribution in [2.45, 2.75) is 51.7 Å². The summed E-state index contributed by atoms with van der Waals surface area (Å²) in [5.41, 5.74) is 6.71. The lowest BCUT2D eigenvalue weighted by molar-refractivity contribution is -0.276. The monoisotopic (exact) mass is 670 g/mol. The molecule has 2 heterocycles. The topological polar surface area (TPSA) is 97.6 Å². The number of ether oxygens (including phenoxy) is 2. The molecule has 0 spiro atoms. The largest absolute Gasteiger partial charge is 0.392 e. The molecule has 1 fully saturated rings. The van der Waals surface area contributed by atoms with E-state index in [4.69, 9.17) is 32.7 Å². The van der Waals surface area contributed by atoms with E-state index in [1.165, 1.54) is 0 Å². The first-order valence-corrected chi connectivity index (χ1v) is 16.2. The van der Waals surface area contributed by atoms with Gasteiger partial charge >= 0.3 is 6.03 Å². The van der Waals surface area contributed by atoms with Crippen LogP contribution in [0.25, 0.3) is 11.1 Å². The molecular formula is C37H36Cl2N4O4. The highest BCUT2D eigenvalue weighted by atomic mass is 35.5. The molecule has 0 unspecified atom stereocenters. The van der Waals surface area contributed by atoms with Crippen LogP contribution in [0.2, 0.25) is 10.3 Å². The Labute approximate surface area is 284 Å². The van der Waals surface area contributed by atoms with E-state index in [-0.39, 0.29) is 35.9 Å². The lowest BCUT2D eigenvalue weighted by Gasteiger charge is -2.41. The fourth-order valence-electron chi connectivity index (χ4n) is 5.74. The second kappa shape index (κ2) is 15.2. The number of amides is 2. The fraction of sp³-hybridized carbons (Fsp3) is 0.243. The highest BCUT2D eigenvalue weighted by molar-refractivity contribution is 6.40. The number of aliphatic hydroxyl groups is 1. The Morgan fingerprint density at radius 2 is 1.49 bits per heavy atom. The van der Waals surface area contributed by atoms with Gasteiger partial charge in [-0.05, 0) is 45.5 Å². The summed E-state index contributed by atoms with van der Waals surface area (Å²) in [5.74, 6) is -0.0410. The number of hydrogen-bond acceptors (Lipinski definition) is 5. The Balaban J connectivity index is 1.19. The predicted molar refractivity (Wildman–Crippen MR) is 183 cm³/mol. The number of carbonyl (C=O) groups is 1. The highest BCUT2D eigenvalue weighted by Crippen LogP contribution is 2.43. The molecule has 4 atom stereocenters. The third kappa shape index (κ3) is 8.04. The van der Waals surface area contributed by atoms with Crippen LogP contribution in [0.1, 0.15) is 47.1 Å². The normalized spacial score (nSPS) is 19.3. The van der Waals surface area contributed by atoms with Crippen molar-refractivity contribution < 1.29 is 19.4 Å². The number of halogens is 2. The number of urea groups is 1. The molecule has 1 aliphatic rings. The molecule has 10 heteroatoms. The summed E-state index contributed by atoms with van der Waals surface area (Å²) in [4.78, 5) is 16.6. The van der Waals surface area contributed by atoms with Gasteiger partial charge in [0.15, 0.2) is 11.4 Å². The Bertz CT molecular complexity index is 1800. The minimum absolute atomic E-state index is 0.0267. The SMILES string of the molecule is C[C@H]1[C@@H](Cn2cnc(Cl)c2Cl)O[C@@H](c2cccc(-c3cccc(CNC(=O)NCc4ccccc4)c3)c2)O[C@H]1c1ccc(CO)cc1. The summed E-state index contributed by atoms with van der Waals surface area (Å²) in [7, 11) is 0. The minimum atomic E-state index is -0.658. The molecule has 1 saturated heterocycles. The van der Waals surface area contributed by atoms with Crippen molar-refractivity contribution in [2.75, 3.05) is 0 Å². The maximum Gasteiger partial charge on any atom is 0.315 e. The molecule has 0 radical (unpaired) electrons. The first-order valence-electron chi connectivity index (χ1n) is 15.5. The van der Waals surface area contributed by atoms with Crippen LogP contribution in [-0.2, 0) is 35.7 Å². The van der Waals surface area contributed by atoms with Gasteiger partial charge in [-0.1, -0.05) is 121 Å². The molecule has 0 saturated carbocycles. The summed E-state index contributed by atoms with van der Waals surface area (Å²) in [6.45, 7) is 3.36. The van der Waals surface area contributed by atoms with Crippen molar-refractivity contribution in [1.29, 1.82) is 0 Å². The van der Waals surface area contributed by atoms with Gasteiger partial charge in [-0.2, -0.15) is 0 Å². The third-order valence-corrected chi connectivity index (χ3v) is 9.17. The van der Waals surface area contributed by atoms with Crippen molar-refractivity contribution >= 4 is 29.2 Å². The van der Waals surface area contributed by atoms with E-state index in [1.807, 2.05) is 91.0 Å². The van der Waals surface area contributed by atoms with Crippen molar-refractivity contribution in [3.8, 4) is 11.1 Å². The average Bonchev–Trinajstić information content (AvgIpc) is 3.43. The number of benzene rings is 4. The van der Waals surface area contributed by atoms with E-state index >= 15 is 0 Å². The first-order chi connectivity index (χ1) is 22.9. The zero-order valence-corrected chi connectivity index (χ0v) is 27.4. The van der Waals surface area contributed by atoms with Gasteiger partial charge in [-0.3, -0.25) is 0 Å². The van der Waals surface area contributed by atoms with E-state index in [1.54, 1.807) is 10.9 Å². The molecule has 1 aromatic heterocycles. The zero-order chi connectivity index (χ0) is 32.8. The van der Waals surface area contributed by atoms with Crippen LogP contribution in [0.15, 0.2) is 109 Å². The highest BCUT2D eigenvalue weighted by Gasteiger charge is 2.39. The Kier molecular flexibility index (Phi) is 10.6. The quantitative estimate of drug-likeness (QED) is 0.141. The van der Waals surface area contributed by atoms with Crippen molar-refractivity contribution in [3.63, 3.8) is 0 Å². The predicted octanol–water partition coefficient (Wildman–Crippen LogP) is 7.84. The molecule has 242 valence electrons. The van der Waals surface area contributed by atoms with Crippen molar-refractivity contribution in [2.24, 2.45) is 5.92 Å². The molecule has 4 aromatic carbocycles. The molecule has 0 aliphatic carbocycles. The minimum Gasteiger partial charge on any atom is -0.392 e. The van der Waals surface area contributed by atoms with Gasteiger partial charge in [0.25, 0.3) is 0 Å². The molecule has 1 aliphatic heterocycles. The number of nitrogens with one attached hydrogen (secondary N) is 2. The molecule has 2 amide bonds. The molecule has 8 nitrogen and oxygen atoms in total. The molecule has 0 bridgehead atoms. The molecule has 3 N–H and O–H groups in total. The van der Waals surface area contributed by atoms with Crippen LogP contribution in [0.4, 0.5) is 4.79 Å². The number of nitrogens with zero attached hydrogens (tertiary/aromatic N) is 2. The second-order valence-corrected chi connectivity index (χ2v) is 12.4. The first kappa shape index (κ1) is 32.7. The summed E-state index contributed by atoms with van der Waals surface area (Å²) in [6, 6.07) is 33.6. The maximum absolute atomic E-state index is 12.4. The van der Waals surface area contributed by atoms with E-state index in [9.17, 15) is 9.90 Å².